The molecule has 1 aromatic carbocycles. The summed E-state index contributed by atoms with van der Waals surface area (Å²) in [5.41, 5.74) is -0.905. The van der Waals surface area contributed by atoms with Gasteiger partial charge in [0.1, 0.15) is 0 Å². The maximum absolute atomic E-state index is 13.0. The molecular formula is C14H20ClF3N2O2S. The minimum Gasteiger partial charge on any atom is -0.311 e. The fourth-order valence-electron chi connectivity index (χ4n) is 2.57. The van der Waals surface area contributed by atoms with Crippen LogP contribution in [-0.2, 0) is 16.2 Å². The van der Waals surface area contributed by atoms with Gasteiger partial charge in [0.25, 0.3) is 0 Å². The van der Waals surface area contributed by atoms with Gasteiger partial charge in [0.05, 0.1) is 10.5 Å². The number of halogens is 4. The molecule has 4 nitrogen and oxygen atoms in total. The van der Waals surface area contributed by atoms with Crippen LogP contribution < -0.4 is 5.32 Å². The molecule has 1 aliphatic rings. The second-order valence-electron chi connectivity index (χ2n) is 5.57. The lowest BCUT2D eigenvalue weighted by atomic mass is 10.1. The van der Waals surface area contributed by atoms with Gasteiger partial charge in [-0.05, 0) is 38.5 Å². The van der Waals surface area contributed by atoms with Crippen molar-refractivity contribution in [3.05, 3.63) is 29.3 Å². The van der Waals surface area contributed by atoms with E-state index in [-0.39, 0.29) is 41.5 Å². The van der Waals surface area contributed by atoms with E-state index in [0.29, 0.717) is 6.54 Å². The highest BCUT2D eigenvalue weighted by Crippen LogP contribution is 2.34. The van der Waals surface area contributed by atoms with Crippen LogP contribution in [0.4, 0.5) is 13.2 Å². The van der Waals surface area contributed by atoms with Crippen LogP contribution in [0.2, 0.25) is 0 Å². The SMILES string of the molecule is Cc1ccc(S(=O)(=O)N2CCNC(C)C2C)cc1C(F)(F)F.Cl. The number of nitrogens with zero attached hydrogens (tertiary/aromatic N) is 1. The van der Waals surface area contributed by atoms with E-state index < -0.39 is 21.8 Å². The lowest BCUT2D eigenvalue weighted by Crippen LogP contribution is -2.57. The number of benzene rings is 1. The fraction of sp³-hybridized carbons (Fsp3) is 0.571. The number of alkyl halides is 3. The lowest BCUT2D eigenvalue weighted by Gasteiger charge is -2.37. The average molecular weight is 373 g/mol. The highest BCUT2D eigenvalue weighted by Gasteiger charge is 2.37. The van der Waals surface area contributed by atoms with Crippen LogP contribution in [0.1, 0.15) is 25.0 Å². The molecular weight excluding hydrogens is 353 g/mol. The van der Waals surface area contributed by atoms with Crippen molar-refractivity contribution in [3.63, 3.8) is 0 Å². The highest BCUT2D eigenvalue weighted by atomic mass is 35.5. The highest BCUT2D eigenvalue weighted by molar-refractivity contribution is 7.89. The third kappa shape index (κ3) is 3.99. The van der Waals surface area contributed by atoms with Crippen LogP contribution in [0.25, 0.3) is 0 Å². The maximum atomic E-state index is 13.0. The Balaban J connectivity index is 0.00000264. The Hall–Kier alpha value is -0.830. The number of sulfonamides is 1. The Bertz CT molecular complexity index is 664. The van der Waals surface area contributed by atoms with Crippen LogP contribution in [0, 0.1) is 6.92 Å². The third-order valence-electron chi connectivity index (χ3n) is 4.10. The molecule has 23 heavy (non-hydrogen) atoms. The minimum absolute atomic E-state index is 0. The largest absolute Gasteiger partial charge is 0.416 e. The second-order valence-corrected chi connectivity index (χ2v) is 7.46. The Morgan fingerprint density at radius 1 is 1.26 bits per heavy atom. The summed E-state index contributed by atoms with van der Waals surface area (Å²) in [6.45, 7) is 5.62. The summed E-state index contributed by atoms with van der Waals surface area (Å²) >= 11 is 0. The molecule has 0 bridgehead atoms. The maximum Gasteiger partial charge on any atom is 0.416 e. The molecule has 0 aliphatic carbocycles. The van der Waals surface area contributed by atoms with Gasteiger partial charge in [-0.15, -0.1) is 12.4 Å². The first-order valence-corrected chi connectivity index (χ1v) is 8.42. The van der Waals surface area contributed by atoms with Crippen LogP contribution >= 0.6 is 12.4 Å². The number of nitrogens with one attached hydrogen (secondary N) is 1. The number of aryl methyl sites for hydroxylation is 1. The zero-order valence-corrected chi connectivity index (χ0v) is 14.6. The molecule has 1 fully saturated rings. The van der Waals surface area contributed by atoms with Crippen molar-refractivity contribution < 1.29 is 21.6 Å². The third-order valence-corrected chi connectivity index (χ3v) is 6.08. The first-order chi connectivity index (χ1) is 10.0. The van der Waals surface area contributed by atoms with Crippen LogP contribution in [0.15, 0.2) is 23.1 Å². The van der Waals surface area contributed by atoms with Gasteiger partial charge in [0, 0.05) is 25.2 Å². The molecule has 0 aromatic heterocycles. The Labute approximate surface area is 140 Å². The molecule has 0 saturated carbocycles. The summed E-state index contributed by atoms with van der Waals surface area (Å²) in [7, 11) is -3.95. The van der Waals surface area contributed by atoms with Gasteiger partial charge in [0.2, 0.25) is 10.0 Å². The van der Waals surface area contributed by atoms with Gasteiger partial charge in [0.15, 0.2) is 0 Å². The van der Waals surface area contributed by atoms with E-state index in [1.807, 2.05) is 6.92 Å². The van der Waals surface area contributed by atoms with Crippen LogP contribution in [-0.4, -0.2) is 37.9 Å². The molecule has 1 aliphatic heterocycles. The van der Waals surface area contributed by atoms with E-state index in [1.54, 1.807) is 6.92 Å². The summed E-state index contributed by atoms with van der Waals surface area (Å²) in [6.07, 6.45) is -4.57. The minimum atomic E-state index is -4.57. The summed E-state index contributed by atoms with van der Waals surface area (Å²) in [5.74, 6) is 0. The molecule has 132 valence electrons. The number of hydrogen-bond acceptors (Lipinski definition) is 3. The van der Waals surface area contributed by atoms with Gasteiger partial charge in [-0.1, -0.05) is 6.07 Å². The topological polar surface area (TPSA) is 49.4 Å². The van der Waals surface area contributed by atoms with E-state index in [0.717, 1.165) is 6.07 Å². The van der Waals surface area contributed by atoms with Crippen molar-refractivity contribution in [1.29, 1.82) is 0 Å². The molecule has 1 N–H and O–H groups in total. The first-order valence-electron chi connectivity index (χ1n) is 6.98. The van der Waals surface area contributed by atoms with Crippen molar-refractivity contribution in [3.8, 4) is 0 Å². The van der Waals surface area contributed by atoms with E-state index in [4.69, 9.17) is 0 Å². The van der Waals surface area contributed by atoms with Gasteiger partial charge in [-0.25, -0.2) is 8.42 Å². The molecule has 9 heteroatoms. The Morgan fingerprint density at radius 2 is 1.87 bits per heavy atom. The van der Waals surface area contributed by atoms with E-state index >= 15 is 0 Å². The molecule has 1 heterocycles. The van der Waals surface area contributed by atoms with Crippen LogP contribution in [0.3, 0.4) is 0 Å². The smallest absolute Gasteiger partial charge is 0.311 e. The molecule has 2 atom stereocenters. The summed E-state index contributed by atoms with van der Waals surface area (Å²) in [4.78, 5) is -0.314. The average Bonchev–Trinajstić information content (AvgIpc) is 2.40. The molecule has 2 unspecified atom stereocenters. The van der Waals surface area contributed by atoms with Crippen molar-refractivity contribution in [2.45, 2.75) is 43.9 Å². The molecule has 0 spiro atoms. The van der Waals surface area contributed by atoms with Crippen molar-refractivity contribution in [2.24, 2.45) is 0 Å². The zero-order chi connectivity index (χ0) is 16.7. The quantitative estimate of drug-likeness (QED) is 0.868. The summed E-state index contributed by atoms with van der Waals surface area (Å²) < 4.78 is 65.5. The van der Waals surface area contributed by atoms with Gasteiger partial charge in [-0.2, -0.15) is 17.5 Å². The van der Waals surface area contributed by atoms with Crippen molar-refractivity contribution in [1.82, 2.24) is 9.62 Å². The van der Waals surface area contributed by atoms with Crippen LogP contribution in [0.5, 0.6) is 0 Å². The number of hydrogen-bond donors (Lipinski definition) is 1. The van der Waals surface area contributed by atoms with Gasteiger partial charge < -0.3 is 5.32 Å². The number of rotatable bonds is 2. The molecule has 1 aromatic rings. The molecule has 0 amide bonds. The Morgan fingerprint density at radius 3 is 2.43 bits per heavy atom. The van der Waals surface area contributed by atoms with E-state index in [9.17, 15) is 21.6 Å². The Kier molecular flexibility index (Phi) is 6.12. The fourth-order valence-corrected chi connectivity index (χ4v) is 4.30. The summed E-state index contributed by atoms with van der Waals surface area (Å²) in [6, 6.07) is 2.78. The molecule has 1 saturated heterocycles. The van der Waals surface area contributed by atoms with Crippen molar-refractivity contribution >= 4 is 22.4 Å². The lowest BCUT2D eigenvalue weighted by molar-refractivity contribution is -0.138. The molecule has 0 radical (unpaired) electrons. The summed E-state index contributed by atoms with van der Waals surface area (Å²) in [5, 5.41) is 3.14. The van der Waals surface area contributed by atoms with E-state index in [2.05, 4.69) is 5.32 Å². The predicted molar refractivity (Wildman–Crippen MR) is 84.2 cm³/mol. The normalized spacial score (nSPS) is 23.4. The molecule has 2 rings (SSSR count). The first kappa shape index (κ1) is 20.2. The van der Waals surface area contributed by atoms with Gasteiger partial charge >= 0.3 is 6.18 Å². The zero-order valence-electron chi connectivity index (χ0n) is 13.0. The number of piperazine rings is 1. The standard InChI is InChI=1S/C14H19F3N2O2S.ClH/c1-9-4-5-12(8-13(9)14(15,16)17)22(20,21)19-7-6-18-10(2)11(19)3;/h4-5,8,10-11,18H,6-7H2,1-3H3;1H. The van der Waals surface area contributed by atoms with E-state index in [1.165, 1.54) is 23.4 Å². The van der Waals surface area contributed by atoms with Crippen molar-refractivity contribution in [2.75, 3.05) is 13.1 Å². The monoisotopic (exact) mass is 372 g/mol. The van der Waals surface area contributed by atoms with Gasteiger partial charge in [-0.3, -0.25) is 0 Å². The second kappa shape index (κ2) is 6.96. The predicted octanol–water partition coefficient (Wildman–Crippen LogP) is 2.81.